The Morgan fingerprint density at radius 3 is 2.31 bits per heavy atom. The van der Waals surface area contributed by atoms with Gasteiger partial charge in [-0.15, -0.1) is 6.58 Å². The summed E-state index contributed by atoms with van der Waals surface area (Å²) < 4.78 is 0. The molecule has 1 aliphatic heterocycles. The monoisotopic (exact) mass is 690 g/mol. The van der Waals surface area contributed by atoms with Crippen molar-refractivity contribution < 1.29 is 29.2 Å². The smallest absolute Gasteiger partial charge is 0.271 e. The number of hydrogen-bond acceptors (Lipinski definition) is 7. The molecule has 8 rings (SSSR count). The van der Waals surface area contributed by atoms with Gasteiger partial charge in [0.1, 0.15) is 5.75 Å². The topological polar surface area (TPSA) is 135 Å². The number of non-ortho nitro benzene ring substituents is 1. The van der Waals surface area contributed by atoms with Gasteiger partial charge in [-0.25, -0.2) is 4.90 Å². The number of rotatable bonds is 7. The molecule has 4 aromatic carbocycles. The van der Waals surface area contributed by atoms with Crippen molar-refractivity contribution in [3.8, 4) is 5.75 Å². The quantitative estimate of drug-likeness (QED) is 0.0950. The van der Waals surface area contributed by atoms with E-state index in [4.69, 9.17) is 0 Å². The van der Waals surface area contributed by atoms with Crippen LogP contribution in [0.15, 0.2) is 134 Å². The summed E-state index contributed by atoms with van der Waals surface area (Å²) in [6.07, 6.45) is 5.68. The summed E-state index contributed by atoms with van der Waals surface area (Å²) in [5.41, 5.74) is 1.63. The van der Waals surface area contributed by atoms with Crippen LogP contribution in [0.1, 0.15) is 41.0 Å². The van der Waals surface area contributed by atoms with Crippen LogP contribution < -0.4 is 4.90 Å². The van der Waals surface area contributed by atoms with Gasteiger partial charge in [0.25, 0.3) is 5.69 Å². The molecule has 258 valence electrons. The number of imide groups is 1. The number of aromatic hydroxyl groups is 1. The van der Waals surface area contributed by atoms with Gasteiger partial charge in [-0.3, -0.25) is 29.3 Å². The van der Waals surface area contributed by atoms with Crippen molar-refractivity contribution in [1.29, 1.82) is 0 Å². The van der Waals surface area contributed by atoms with Gasteiger partial charge < -0.3 is 5.11 Å². The van der Waals surface area contributed by atoms with Crippen LogP contribution >= 0.6 is 0 Å². The third kappa shape index (κ3) is 4.76. The van der Waals surface area contributed by atoms with Gasteiger partial charge in [0.15, 0.2) is 11.6 Å². The van der Waals surface area contributed by atoms with Crippen LogP contribution in [-0.2, 0) is 31.0 Å². The molecular formula is C43H34N2O7. The summed E-state index contributed by atoms with van der Waals surface area (Å²) in [6, 6.07) is 29.0. The van der Waals surface area contributed by atoms with E-state index in [-0.39, 0.29) is 47.1 Å². The maximum atomic E-state index is 15.2. The molecule has 9 heteroatoms. The lowest BCUT2D eigenvalue weighted by molar-refractivity contribution is -0.384. The highest BCUT2D eigenvalue weighted by Gasteiger charge is 2.66. The molecule has 0 unspecified atom stereocenters. The average Bonchev–Trinajstić information content (AvgIpc) is 3.42. The number of nitro groups is 1. The highest BCUT2D eigenvalue weighted by molar-refractivity contribution is 6.32. The molecule has 0 aromatic heterocycles. The molecule has 52 heavy (non-hydrogen) atoms. The molecule has 1 saturated heterocycles. The standard InChI is InChI=1S/C43H34N2O7/c1-2-11-26-14-9-19-32(39(26)47)38-30-20-21-31-37(42(50)44(41(31)49)28-17-10-18-29(22-28)45(51)52)34(30)23-35-40(48)33(25-12-5-3-6-13-25)24-36(46)43(35,38)27-15-7-4-8-16-27/h2-10,12-20,22,24,31,34-35,37-38,47H,1,11,21,23H2/t31-,34+,35-,37-,38+,43-/m0/s1. The predicted octanol–water partition coefficient (Wildman–Crippen LogP) is 7.06. The zero-order chi connectivity index (χ0) is 36.3. The van der Waals surface area contributed by atoms with E-state index in [0.717, 1.165) is 4.90 Å². The second kappa shape index (κ2) is 12.5. The van der Waals surface area contributed by atoms with E-state index in [2.05, 4.69) is 6.58 Å². The first-order valence-corrected chi connectivity index (χ1v) is 17.3. The number of fused-ring (bicyclic) bond motifs is 4. The first-order chi connectivity index (χ1) is 25.2. The fraction of sp³-hybridized carbons (Fsp3) is 0.209. The SMILES string of the molecule is C=CCc1cccc([C@H]2C3=CC[C@@H]4C(=O)N(c5cccc([N+](=O)[O-])c5)C(=O)[C@@H]4[C@@H]3C[C@H]3C(=O)C(c4ccccc4)=CC(=O)[C@@]23c2ccccc2)c1O. The number of amides is 2. The summed E-state index contributed by atoms with van der Waals surface area (Å²) in [5.74, 6) is -5.68. The van der Waals surface area contributed by atoms with Gasteiger partial charge in [-0.1, -0.05) is 103 Å². The van der Waals surface area contributed by atoms with Crippen LogP contribution in [0, 0.1) is 33.8 Å². The van der Waals surface area contributed by atoms with Crippen molar-refractivity contribution in [3.05, 3.63) is 166 Å². The minimum Gasteiger partial charge on any atom is -0.507 e. The predicted molar refractivity (Wildman–Crippen MR) is 194 cm³/mol. The van der Waals surface area contributed by atoms with Crippen molar-refractivity contribution in [3.63, 3.8) is 0 Å². The van der Waals surface area contributed by atoms with Crippen molar-refractivity contribution in [2.45, 2.75) is 30.6 Å². The molecule has 1 N–H and O–H groups in total. The molecule has 3 aliphatic carbocycles. The largest absolute Gasteiger partial charge is 0.507 e. The number of para-hydroxylation sites is 1. The highest BCUT2D eigenvalue weighted by atomic mass is 16.6. The van der Waals surface area contributed by atoms with E-state index in [9.17, 15) is 24.8 Å². The molecule has 1 saturated carbocycles. The van der Waals surface area contributed by atoms with Crippen LogP contribution in [0.2, 0.25) is 0 Å². The average molecular weight is 691 g/mol. The second-order valence-electron chi connectivity index (χ2n) is 13.9. The molecule has 1 heterocycles. The van der Waals surface area contributed by atoms with E-state index in [1.807, 2.05) is 48.5 Å². The minimum absolute atomic E-state index is 0.0183. The van der Waals surface area contributed by atoms with Crippen molar-refractivity contribution in [1.82, 2.24) is 0 Å². The second-order valence-corrected chi connectivity index (χ2v) is 13.9. The third-order valence-electron chi connectivity index (χ3n) is 11.5. The Hall–Kier alpha value is -6.22. The summed E-state index contributed by atoms with van der Waals surface area (Å²) in [5, 5.41) is 23.6. The van der Waals surface area contributed by atoms with Crippen molar-refractivity contribution in [2.75, 3.05) is 4.90 Å². The molecular weight excluding hydrogens is 656 g/mol. The number of allylic oxidation sites excluding steroid dienone is 5. The maximum absolute atomic E-state index is 15.2. The minimum atomic E-state index is -1.48. The number of carbonyl (C=O) groups is 4. The summed E-state index contributed by atoms with van der Waals surface area (Å²) >= 11 is 0. The number of nitrogens with zero attached hydrogens (tertiary/aromatic N) is 2. The molecule has 0 bridgehead atoms. The van der Waals surface area contributed by atoms with Crippen LogP contribution in [0.5, 0.6) is 5.75 Å². The van der Waals surface area contributed by atoms with E-state index in [1.165, 1.54) is 30.3 Å². The van der Waals surface area contributed by atoms with Gasteiger partial charge in [0.05, 0.1) is 27.9 Å². The number of ketones is 2. The number of phenols is 1. The maximum Gasteiger partial charge on any atom is 0.271 e. The Morgan fingerprint density at radius 2 is 1.60 bits per heavy atom. The normalized spacial score (nSPS) is 26.5. The Labute approximate surface area is 299 Å². The lowest BCUT2D eigenvalue weighted by Gasteiger charge is -2.55. The zero-order valence-electron chi connectivity index (χ0n) is 28.1. The van der Waals surface area contributed by atoms with E-state index < -0.39 is 51.7 Å². The number of carbonyl (C=O) groups excluding carboxylic acids is 4. The Bertz CT molecular complexity index is 2260. The summed E-state index contributed by atoms with van der Waals surface area (Å²) in [4.78, 5) is 71.0. The van der Waals surface area contributed by atoms with Gasteiger partial charge >= 0.3 is 0 Å². The Balaban J connectivity index is 1.36. The lowest BCUT2D eigenvalue weighted by Crippen LogP contribution is -2.58. The van der Waals surface area contributed by atoms with Gasteiger partial charge in [0.2, 0.25) is 11.8 Å². The molecule has 0 radical (unpaired) electrons. The highest BCUT2D eigenvalue weighted by Crippen LogP contribution is 2.64. The van der Waals surface area contributed by atoms with Gasteiger partial charge in [0, 0.05) is 35.1 Å². The number of benzene rings is 4. The molecule has 2 amide bonds. The zero-order valence-corrected chi connectivity index (χ0v) is 28.1. The Kier molecular flexibility index (Phi) is 7.94. The van der Waals surface area contributed by atoms with Crippen molar-refractivity contribution >= 4 is 40.3 Å². The van der Waals surface area contributed by atoms with E-state index >= 15 is 9.59 Å². The fourth-order valence-electron chi connectivity index (χ4n) is 9.38. The van der Waals surface area contributed by atoms with E-state index in [1.54, 1.807) is 42.5 Å². The fourth-order valence-corrected chi connectivity index (χ4v) is 9.38. The lowest BCUT2D eigenvalue weighted by atomic mass is 9.44. The summed E-state index contributed by atoms with van der Waals surface area (Å²) in [7, 11) is 0. The number of anilines is 1. The van der Waals surface area contributed by atoms with Crippen LogP contribution in [0.4, 0.5) is 11.4 Å². The number of phenolic OH excluding ortho intramolecular Hbond substituents is 1. The number of Topliss-reactive ketones (excluding diaryl/α,β-unsaturated/α-hetero) is 1. The van der Waals surface area contributed by atoms with Gasteiger partial charge in [-0.05, 0) is 54.0 Å². The van der Waals surface area contributed by atoms with Crippen LogP contribution in [-0.4, -0.2) is 33.4 Å². The molecule has 4 aromatic rings. The van der Waals surface area contributed by atoms with Crippen LogP contribution in [0.3, 0.4) is 0 Å². The first-order valence-electron chi connectivity index (χ1n) is 17.3. The first kappa shape index (κ1) is 33.0. The molecule has 0 spiro atoms. The molecule has 4 aliphatic rings. The molecule has 9 nitrogen and oxygen atoms in total. The number of nitro benzene ring substituents is 1. The van der Waals surface area contributed by atoms with Crippen molar-refractivity contribution in [2.24, 2.45) is 23.7 Å². The molecule has 6 atom stereocenters. The van der Waals surface area contributed by atoms with Gasteiger partial charge in [-0.2, -0.15) is 0 Å². The Morgan fingerprint density at radius 1 is 0.885 bits per heavy atom. The van der Waals surface area contributed by atoms with E-state index in [0.29, 0.717) is 34.2 Å². The molecule has 2 fully saturated rings. The number of hydrogen-bond donors (Lipinski definition) is 1. The third-order valence-corrected chi connectivity index (χ3v) is 11.5. The summed E-state index contributed by atoms with van der Waals surface area (Å²) in [6.45, 7) is 3.85. The van der Waals surface area contributed by atoms with Crippen LogP contribution in [0.25, 0.3) is 5.57 Å².